The number of hydrogen-bond acceptors (Lipinski definition) is 2. The van der Waals surface area contributed by atoms with Gasteiger partial charge in [0.1, 0.15) is 5.75 Å². The number of halogens is 1. The first-order chi connectivity index (χ1) is 6.16. The Morgan fingerprint density at radius 2 is 2.08 bits per heavy atom. The monoisotopic (exact) mass is 237 g/mol. The van der Waals surface area contributed by atoms with Gasteiger partial charge in [0.05, 0.1) is 5.52 Å². The molecule has 0 bridgehead atoms. The van der Waals surface area contributed by atoms with Crippen molar-refractivity contribution in [2.24, 2.45) is 0 Å². The molecule has 0 radical (unpaired) electrons. The summed E-state index contributed by atoms with van der Waals surface area (Å²) in [5.41, 5.74) is 1.92. The van der Waals surface area contributed by atoms with Crippen LogP contribution in [0.25, 0.3) is 10.9 Å². The summed E-state index contributed by atoms with van der Waals surface area (Å²) in [6, 6.07) is 5.36. The minimum Gasteiger partial charge on any atom is -0.508 e. The number of fused-ring (bicyclic) bond motifs is 1. The van der Waals surface area contributed by atoms with Crippen LogP contribution < -0.4 is 0 Å². The van der Waals surface area contributed by atoms with E-state index in [0.29, 0.717) is 0 Å². The van der Waals surface area contributed by atoms with Crippen molar-refractivity contribution in [2.45, 2.75) is 6.92 Å². The highest BCUT2D eigenvalue weighted by atomic mass is 79.9. The first-order valence-electron chi connectivity index (χ1n) is 3.92. The fraction of sp³-hybridized carbons (Fsp3) is 0.100. The third kappa shape index (κ3) is 1.52. The van der Waals surface area contributed by atoms with Gasteiger partial charge in [-0.15, -0.1) is 0 Å². The Hall–Kier alpha value is -1.09. The third-order valence-corrected chi connectivity index (χ3v) is 2.36. The first kappa shape index (κ1) is 8.51. The van der Waals surface area contributed by atoms with Crippen molar-refractivity contribution in [3.63, 3.8) is 0 Å². The molecular weight excluding hydrogens is 230 g/mol. The summed E-state index contributed by atoms with van der Waals surface area (Å²) in [5, 5.41) is 10.3. The number of phenolic OH excluding ortho intramolecular Hbond substituents is 1. The van der Waals surface area contributed by atoms with Crippen LogP contribution in [0.3, 0.4) is 0 Å². The van der Waals surface area contributed by atoms with E-state index in [1.807, 2.05) is 13.0 Å². The molecule has 13 heavy (non-hydrogen) atoms. The Balaban J connectivity index is 2.86. The Morgan fingerprint density at radius 1 is 1.31 bits per heavy atom. The summed E-state index contributed by atoms with van der Waals surface area (Å²) < 4.78 is 0.921. The maximum Gasteiger partial charge on any atom is 0.116 e. The van der Waals surface area contributed by atoms with E-state index >= 15 is 0 Å². The SMILES string of the molecule is Cc1cc(O)cc2cc(Br)cnc12. The summed E-state index contributed by atoms with van der Waals surface area (Å²) in [6.07, 6.45) is 1.76. The van der Waals surface area contributed by atoms with Gasteiger partial charge in [-0.25, -0.2) is 0 Å². The van der Waals surface area contributed by atoms with E-state index in [0.717, 1.165) is 20.9 Å². The summed E-state index contributed by atoms with van der Waals surface area (Å²) in [7, 11) is 0. The molecule has 1 N–H and O–H groups in total. The molecule has 1 heterocycles. The molecule has 0 saturated heterocycles. The van der Waals surface area contributed by atoms with E-state index in [2.05, 4.69) is 20.9 Å². The Morgan fingerprint density at radius 3 is 2.85 bits per heavy atom. The fourth-order valence-corrected chi connectivity index (χ4v) is 1.73. The predicted octanol–water partition coefficient (Wildman–Crippen LogP) is 3.01. The van der Waals surface area contributed by atoms with Crippen molar-refractivity contribution in [3.05, 3.63) is 34.4 Å². The number of aromatic nitrogens is 1. The zero-order chi connectivity index (χ0) is 9.42. The Bertz CT molecular complexity index is 462. The van der Waals surface area contributed by atoms with Gasteiger partial charge in [0.2, 0.25) is 0 Å². The molecule has 0 fully saturated rings. The van der Waals surface area contributed by atoms with Gasteiger partial charge in [0.25, 0.3) is 0 Å². The highest BCUT2D eigenvalue weighted by molar-refractivity contribution is 9.10. The van der Waals surface area contributed by atoms with Crippen molar-refractivity contribution in [1.29, 1.82) is 0 Å². The average molecular weight is 238 g/mol. The van der Waals surface area contributed by atoms with Gasteiger partial charge in [0, 0.05) is 16.1 Å². The van der Waals surface area contributed by atoms with E-state index in [-0.39, 0.29) is 5.75 Å². The number of aromatic hydroxyl groups is 1. The standard InChI is InChI=1S/C10H8BrNO/c1-6-2-9(13)4-7-3-8(11)5-12-10(6)7/h2-5,13H,1H3. The molecular formula is C10H8BrNO. The molecule has 1 aromatic heterocycles. The quantitative estimate of drug-likeness (QED) is 0.765. The molecule has 0 unspecified atom stereocenters. The van der Waals surface area contributed by atoms with Gasteiger partial charge in [-0.3, -0.25) is 4.98 Å². The predicted molar refractivity (Wildman–Crippen MR) is 55.8 cm³/mol. The second kappa shape index (κ2) is 3.00. The normalized spacial score (nSPS) is 10.6. The molecule has 2 rings (SSSR count). The lowest BCUT2D eigenvalue weighted by molar-refractivity contribution is 0.476. The number of rotatable bonds is 0. The van der Waals surface area contributed by atoms with Gasteiger partial charge in [-0.1, -0.05) is 0 Å². The van der Waals surface area contributed by atoms with E-state index in [1.54, 1.807) is 18.3 Å². The second-order valence-electron chi connectivity index (χ2n) is 2.99. The molecule has 2 nitrogen and oxygen atoms in total. The average Bonchev–Trinajstić information content (AvgIpc) is 2.02. The number of pyridine rings is 1. The highest BCUT2D eigenvalue weighted by Crippen LogP contribution is 2.24. The fourth-order valence-electron chi connectivity index (χ4n) is 1.39. The molecule has 0 aliphatic heterocycles. The van der Waals surface area contributed by atoms with Crippen molar-refractivity contribution >= 4 is 26.8 Å². The summed E-state index contributed by atoms with van der Waals surface area (Å²) in [5.74, 6) is 0.282. The lowest BCUT2D eigenvalue weighted by Crippen LogP contribution is -1.83. The van der Waals surface area contributed by atoms with Crippen LogP contribution in [0.2, 0.25) is 0 Å². The second-order valence-corrected chi connectivity index (χ2v) is 3.90. The maximum absolute atomic E-state index is 9.36. The number of benzene rings is 1. The number of nitrogens with zero attached hydrogens (tertiary/aromatic N) is 1. The molecule has 0 saturated carbocycles. The van der Waals surface area contributed by atoms with Gasteiger partial charge >= 0.3 is 0 Å². The van der Waals surface area contributed by atoms with Crippen molar-refractivity contribution in [3.8, 4) is 5.75 Å². The van der Waals surface area contributed by atoms with Crippen LogP contribution in [0.1, 0.15) is 5.56 Å². The van der Waals surface area contributed by atoms with Crippen LogP contribution in [0.4, 0.5) is 0 Å². The van der Waals surface area contributed by atoms with Gasteiger partial charge in [-0.2, -0.15) is 0 Å². The smallest absolute Gasteiger partial charge is 0.116 e. The van der Waals surface area contributed by atoms with Gasteiger partial charge < -0.3 is 5.11 Å². The van der Waals surface area contributed by atoms with E-state index in [4.69, 9.17) is 0 Å². The van der Waals surface area contributed by atoms with E-state index in [9.17, 15) is 5.11 Å². The molecule has 0 aliphatic carbocycles. The van der Waals surface area contributed by atoms with Crippen LogP contribution >= 0.6 is 15.9 Å². The molecule has 0 amide bonds. The van der Waals surface area contributed by atoms with Crippen LogP contribution in [0, 0.1) is 6.92 Å². The van der Waals surface area contributed by atoms with Crippen LogP contribution in [-0.2, 0) is 0 Å². The first-order valence-corrected chi connectivity index (χ1v) is 4.71. The minimum atomic E-state index is 0.282. The molecule has 2 aromatic rings. The lowest BCUT2D eigenvalue weighted by Gasteiger charge is -2.02. The topological polar surface area (TPSA) is 33.1 Å². The van der Waals surface area contributed by atoms with E-state index in [1.165, 1.54) is 0 Å². The zero-order valence-electron chi connectivity index (χ0n) is 7.08. The largest absolute Gasteiger partial charge is 0.508 e. The maximum atomic E-state index is 9.36. The molecule has 3 heteroatoms. The van der Waals surface area contributed by atoms with Crippen molar-refractivity contribution in [1.82, 2.24) is 4.98 Å². The summed E-state index contributed by atoms with van der Waals surface area (Å²) >= 11 is 3.34. The number of phenols is 1. The van der Waals surface area contributed by atoms with E-state index < -0.39 is 0 Å². The molecule has 0 spiro atoms. The molecule has 66 valence electrons. The van der Waals surface area contributed by atoms with Crippen molar-refractivity contribution < 1.29 is 5.11 Å². The van der Waals surface area contributed by atoms with Crippen LogP contribution in [0.15, 0.2) is 28.9 Å². The van der Waals surface area contributed by atoms with Crippen LogP contribution in [-0.4, -0.2) is 10.1 Å². The number of aryl methyl sites for hydroxylation is 1. The Labute approximate surface area is 84.4 Å². The summed E-state index contributed by atoms with van der Waals surface area (Å²) in [6.45, 7) is 1.93. The highest BCUT2D eigenvalue weighted by Gasteiger charge is 2.01. The van der Waals surface area contributed by atoms with Crippen molar-refractivity contribution in [2.75, 3.05) is 0 Å². The summed E-state index contributed by atoms with van der Waals surface area (Å²) in [4.78, 5) is 4.26. The molecule has 1 aromatic carbocycles. The molecule has 0 aliphatic rings. The third-order valence-electron chi connectivity index (χ3n) is 1.93. The zero-order valence-corrected chi connectivity index (χ0v) is 8.67. The number of hydrogen-bond donors (Lipinski definition) is 1. The molecule has 0 atom stereocenters. The lowest BCUT2D eigenvalue weighted by atomic mass is 10.1. The van der Waals surface area contributed by atoms with Gasteiger partial charge in [-0.05, 0) is 46.6 Å². The van der Waals surface area contributed by atoms with Gasteiger partial charge in [0.15, 0.2) is 0 Å². The Kier molecular flexibility index (Phi) is 1.96. The van der Waals surface area contributed by atoms with Crippen LogP contribution in [0.5, 0.6) is 5.75 Å². The minimum absolute atomic E-state index is 0.282.